The molecule has 90 valence electrons. The molecule has 2 aromatic rings. The van der Waals surface area contributed by atoms with Crippen molar-refractivity contribution in [3.05, 3.63) is 64.7 Å². The van der Waals surface area contributed by atoms with Crippen LogP contribution in [-0.2, 0) is 6.42 Å². The molecule has 0 N–H and O–H groups in total. The van der Waals surface area contributed by atoms with E-state index in [1.807, 2.05) is 12.1 Å². The smallest absolute Gasteiger partial charge is 0.0727 e. The molecule has 0 saturated heterocycles. The Balaban J connectivity index is 2.17. The van der Waals surface area contributed by atoms with E-state index in [-0.39, 0.29) is 0 Å². The molecule has 0 unspecified atom stereocenters. The maximum atomic E-state index is 6.10. The minimum absolute atomic E-state index is 0.934. The molecule has 0 saturated carbocycles. The summed E-state index contributed by atoms with van der Waals surface area (Å²) in [6.07, 6.45) is 5.22. The van der Waals surface area contributed by atoms with E-state index in [4.69, 9.17) is 22.5 Å². The van der Waals surface area contributed by atoms with Crippen molar-refractivity contribution in [3.63, 3.8) is 0 Å². The fourth-order valence-electron chi connectivity index (χ4n) is 2.33. The van der Waals surface area contributed by atoms with E-state index >= 15 is 0 Å². The fraction of sp³-hybridized carbons (Fsp3) is 0.0667. The zero-order valence-corrected chi connectivity index (χ0v) is 12.0. The Kier molecular flexibility index (Phi) is 3.43. The minimum Gasteiger partial charge on any atom is -0.0727 e. The summed E-state index contributed by atoms with van der Waals surface area (Å²) in [6, 6.07) is 14.7. The first-order valence-corrected chi connectivity index (χ1v) is 8.90. The number of halogens is 2. The number of benzene rings is 2. The second kappa shape index (κ2) is 5.05. The highest BCUT2D eigenvalue weighted by Crippen LogP contribution is 2.47. The molecule has 1 aliphatic carbocycles. The summed E-state index contributed by atoms with van der Waals surface area (Å²) in [5, 5.41) is 1.05. The van der Waals surface area contributed by atoms with E-state index in [1.165, 1.54) is 22.3 Å². The number of hydrogen-bond donors (Lipinski definition) is 0. The van der Waals surface area contributed by atoms with Crippen molar-refractivity contribution in [2.24, 2.45) is 0 Å². The van der Waals surface area contributed by atoms with Crippen LogP contribution in [0.1, 0.15) is 22.3 Å². The third-order valence-corrected chi connectivity index (χ3v) is 5.07. The largest absolute Gasteiger partial charge is 0.117 e. The zero-order valence-electron chi connectivity index (χ0n) is 9.61. The van der Waals surface area contributed by atoms with Gasteiger partial charge in [0.25, 0.3) is 0 Å². The van der Waals surface area contributed by atoms with Crippen LogP contribution >= 0.6 is 29.1 Å². The first-order valence-electron chi connectivity index (χ1n) is 5.75. The van der Waals surface area contributed by atoms with Gasteiger partial charge >= 0.3 is 0 Å². The van der Waals surface area contributed by atoms with Crippen LogP contribution in [-0.4, -0.2) is 0 Å². The molecule has 0 heterocycles. The van der Waals surface area contributed by atoms with Crippen LogP contribution in [0.4, 0.5) is 0 Å². The van der Waals surface area contributed by atoms with Gasteiger partial charge in [-0.2, -0.15) is 0 Å². The van der Waals surface area contributed by atoms with Crippen molar-refractivity contribution in [1.29, 1.82) is 0 Å². The summed E-state index contributed by atoms with van der Waals surface area (Å²) >= 11 is 12.2. The Morgan fingerprint density at radius 1 is 0.833 bits per heavy atom. The Hall–Kier alpha value is -0.810. The van der Waals surface area contributed by atoms with E-state index in [2.05, 4.69) is 42.5 Å². The van der Waals surface area contributed by atoms with Gasteiger partial charge < -0.3 is 0 Å². The van der Waals surface area contributed by atoms with Crippen LogP contribution in [0.25, 0.3) is 12.2 Å². The Bertz CT molecular complexity index is 618. The van der Waals surface area contributed by atoms with Crippen LogP contribution < -0.4 is 5.30 Å². The molecule has 0 spiro atoms. The molecule has 0 radical (unpaired) electrons. The lowest BCUT2D eigenvalue weighted by atomic mass is 10.00. The van der Waals surface area contributed by atoms with Gasteiger partial charge in [-0.1, -0.05) is 77.1 Å². The monoisotopic (exact) mass is 292 g/mol. The number of fused-ring (bicyclic) bond motifs is 2. The topological polar surface area (TPSA) is 0 Å². The van der Waals surface area contributed by atoms with E-state index in [0.717, 1.165) is 11.7 Å². The summed E-state index contributed by atoms with van der Waals surface area (Å²) in [5.74, 6) is 0. The van der Waals surface area contributed by atoms with Crippen molar-refractivity contribution in [2.45, 2.75) is 6.42 Å². The van der Waals surface area contributed by atoms with Crippen molar-refractivity contribution in [3.8, 4) is 0 Å². The quantitative estimate of drug-likeness (QED) is 0.542. The molecular weight excluding hydrogens is 282 g/mol. The molecule has 0 aliphatic heterocycles. The van der Waals surface area contributed by atoms with Crippen molar-refractivity contribution >= 4 is 46.6 Å². The van der Waals surface area contributed by atoms with E-state index in [0.29, 0.717) is 0 Å². The molecule has 18 heavy (non-hydrogen) atoms. The normalized spacial score (nSPS) is 13.1. The Morgan fingerprint density at radius 3 is 2.44 bits per heavy atom. The lowest BCUT2D eigenvalue weighted by Crippen LogP contribution is -2.04. The summed E-state index contributed by atoms with van der Waals surface area (Å²) < 4.78 is 0. The van der Waals surface area contributed by atoms with Gasteiger partial charge in [-0.25, -0.2) is 0 Å². The van der Waals surface area contributed by atoms with Gasteiger partial charge in [0, 0.05) is 5.30 Å². The standard InChI is InChI=1S/C15H11Cl2P/c16-18(17)15-7-3-6-13-10-12-5-2-1-4-11(12)8-9-14(13)15/h1-9H,10H2. The Labute approximate surface area is 118 Å². The van der Waals surface area contributed by atoms with Gasteiger partial charge in [-0.3, -0.25) is 0 Å². The molecule has 2 aromatic carbocycles. The molecule has 1 aliphatic rings. The molecule has 0 amide bonds. The highest BCUT2D eigenvalue weighted by Gasteiger charge is 2.15. The van der Waals surface area contributed by atoms with Crippen LogP contribution in [0.3, 0.4) is 0 Å². The van der Waals surface area contributed by atoms with Gasteiger partial charge in [0.15, 0.2) is 0 Å². The SMILES string of the molecule is ClP(Cl)c1cccc2c1C=Cc1ccccc1C2. The summed E-state index contributed by atoms with van der Waals surface area (Å²) in [4.78, 5) is 0. The van der Waals surface area contributed by atoms with Gasteiger partial charge in [0.05, 0.1) is 0 Å². The van der Waals surface area contributed by atoms with Crippen molar-refractivity contribution in [2.75, 3.05) is 0 Å². The highest BCUT2D eigenvalue weighted by molar-refractivity contribution is 8.09. The van der Waals surface area contributed by atoms with E-state index in [9.17, 15) is 0 Å². The first-order chi connectivity index (χ1) is 8.75. The molecule has 0 fully saturated rings. The average molecular weight is 293 g/mol. The number of hydrogen-bond acceptors (Lipinski definition) is 0. The lowest BCUT2D eigenvalue weighted by molar-refractivity contribution is 1.19. The first kappa shape index (κ1) is 12.2. The fourth-order valence-corrected chi connectivity index (χ4v) is 3.81. The molecule has 3 heteroatoms. The lowest BCUT2D eigenvalue weighted by Gasteiger charge is -2.11. The van der Waals surface area contributed by atoms with Gasteiger partial charge in [0.2, 0.25) is 0 Å². The molecule has 0 atom stereocenters. The van der Waals surface area contributed by atoms with Crippen LogP contribution in [0.2, 0.25) is 0 Å². The van der Waals surface area contributed by atoms with Crippen LogP contribution in [0.5, 0.6) is 0 Å². The predicted molar refractivity (Wildman–Crippen MR) is 82.9 cm³/mol. The summed E-state index contributed by atoms with van der Waals surface area (Å²) in [7, 11) is 0. The molecular formula is C15H11Cl2P. The summed E-state index contributed by atoms with van der Waals surface area (Å²) in [5.41, 5.74) is 5.10. The van der Waals surface area contributed by atoms with Crippen LogP contribution in [0, 0.1) is 0 Å². The van der Waals surface area contributed by atoms with Gasteiger partial charge in [0.1, 0.15) is 6.63 Å². The molecule has 0 aromatic heterocycles. The average Bonchev–Trinajstić information content (AvgIpc) is 2.56. The van der Waals surface area contributed by atoms with Gasteiger partial charge in [-0.15, -0.1) is 0 Å². The second-order valence-corrected chi connectivity index (χ2v) is 7.79. The van der Waals surface area contributed by atoms with E-state index < -0.39 is 6.63 Å². The van der Waals surface area contributed by atoms with Crippen molar-refractivity contribution < 1.29 is 0 Å². The third kappa shape index (κ3) is 2.21. The maximum absolute atomic E-state index is 6.10. The van der Waals surface area contributed by atoms with E-state index in [1.54, 1.807) is 0 Å². The number of rotatable bonds is 1. The molecule has 0 nitrogen and oxygen atoms in total. The second-order valence-electron chi connectivity index (χ2n) is 4.29. The summed E-state index contributed by atoms with van der Waals surface area (Å²) in [6.45, 7) is -1.10. The van der Waals surface area contributed by atoms with Crippen LogP contribution in [0.15, 0.2) is 42.5 Å². The molecule has 0 bridgehead atoms. The Morgan fingerprint density at radius 2 is 1.61 bits per heavy atom. The van der Waals surface area contributed by atoms with Gasteiger partial charge in [-0.05, 0) is 28.7 Å². The highest BCUT2D eigenvalue weighted by atomic mass is 35.9. The minimum atomic E-state index is -1.10. The predicted octanol–water partition coefficient (Wildman–Crippen LogP) is 5.18. The maximum Gasteiger partial charge on any atom is 0.117 e. The third-order valence-electron chi connectivity index (χ3n) is 3.22. The molecule has 3 rings (SSSR count). The van der Waals surface area contributed by atoms with Crippen molar-refractivity contribution in [1.82, 2.24) is 0 Å². The zero-order chi connectivity index (χ0) is 12.5.